The molecule has 0 nitrogen and oxygen atoms in total. The zero-order chi connectivity index (χ0) is 7.82. The molecular formula is C10H19. The van der Waals surface area contributed by atoms with Crippen molar-refractivity contribution in [2.75, 3.05) is 0 Å². The Morgan fingerprint density at radius 3 is 2.40 bits per heavy atom. The molecule has 0 aromatic heterocycles. The van der Waals surface area contributed by atoms with Crippen LogP contribution in [0.25, 0.3) is 0 Å². The predicted molar refractivity (Wildman–Crippen MR) is 47.8 cm³/mol. The van der Waals surface area contributed by atoms with E-state index in [0.717, 1.165) is 18.8 Å². The van der Waals surface area contributed by atoms with Crippen molar-refractivity contribution in [1.82, 2.24) is 0 Å². The average molecular weight is 139 g/mol. The fourth-order valence-corrected chi connectivity index (χ4v) is 0.944. The summed E-state index contributed by atoms with van der Waals surface area (Å²) in [5.41, 5.74) is 0. The molecular weight excluding hydrogens is 120 g/mol. The SMILES string of the molecule is [CH2]CC(CC)CC=CCC. The van der Waals surface area contributed by atoms with E-state index < -0.39 is 0 Å². The van der Waals surface area contributed by atoms with Crippen molar-refractivity contribution in [1.29, 1.82) is 0 Å². The second kappa shape index (κ2) is 6.85. The third-order valence-corrected chi connectivity index (χ3v) is 1.86. The van der Waals surface area contributed by atoms with Crippen LogP contribution in [0.3, 0.4) is 0 Å². The number of hydrogen-bond donors (Lipinski definition) is 0. The summed E-state index contributed by atoms with van der Waals surface area (Å²) in [7, 11) is 0. The van der Waals surface area contributed by atoms with Gasteiger partial charge < -0.3 is 0 Å². The molecule has 59 valence electrons. The molecule has 0 rings (SSSR count). The molecule has 0 heterocycles. The molecule has 1 unspecified atom stereocenters. The third kappa shape index (κ3) is 4.60. The van der Waals surface area contributed by atoms with Crippen LogP contribution in [0, 0.1) is 12.8 Å². The summed E-state index contributed by atoms with van der Waals surface area (Å²) < 4.78 is 0. The van der Waals surface area contributed by atoms with Gasteiger partial charge in [0.1, 0.15) is 0 Å². The standard InChI is InChI=1S/C10H19/c1-4-7-8-9-10(5-2)6-3/h7-8,10H,2,4-6,9H2,1,3H3. The van der Waals surface area contributed by atoms with Crippen molar-refractivity contribution in [2.45, 2.75) is 39.5 Å². The third-order valence-electron chi connectivity index (χ3n) is 1.86. The maximum atomic E-state index is 3.90. The Bertz CT molecular complexity index is 78.0. The molecule has 0 bridgehead atoms. The molecule has 0 amide bonds. The fraction of sp³-hybridized carbons (Fsp3) is 0.700. The Hall–Kier alpha value is -0.260. The first kappa shape index (κ1) is 9.74. The lowest BCUT2D eigenvalue weighted by molar-refractivity contribution is 0.522. The average Bonchev–Trinajstić information content (AvgIpc) is 1.99. The Morgan fingerprint density at radius 2 is 2.00 bits per heavy atom. The summed E-state index contributed by atoms with van der Waals surface area (Å²) in [5, 5.41) is 0. The first-order valence-electron chi connectivity index (χ1n) is 4.29. The first-order chi connectivity index (χ1) is 4.85. The van der Waals surface area contributed by atoms with E-state index in [-0.39, 0.29) is 0 Å². The number of hydrogen-bond acceptors (Lipinski definition) is 0. The zero-order valence-electron chi connectivity index (χ0n) is 7.27. The van der Waals surface area contributed by atoms with Gasteiger partial charge in [-0.1, -0.05) is 45.8 Å². The molecule has 1 radical (unpaired) electrons. The topological polar surface area (TPSA) is 0 Å². The lowest BCUT2D eigenvalue weighted by Gasteiger charge is -2.07. The summed E-state index contributed by atoms with van der Waals surface area (Å²) >= 11 is 0. The van der Waals surface area contributed by atoms with E-state index in [2.05, 4.69) is 32.9 Å². The van der Waals surface area contributed by atoms with E-state index in [0.29, 0.717) is 0 Å². The zero-order valence-corrected chi connectivity index (χ0v) is 7.27. The van der Waals surface area contributed by atoms with Crippen LogP contribution < -0.4 is 0 Å². The van der Waals surface area contributed by atoms with Crippen molar-refractivity contribution in [2.24, 2.45) is 5.92 Å². The number of allylic oxidation sites excluding steroid dienone is 2. The second-order valence-electron chi connectivity index (χ2n) is 2.68. The molecule has 1 atom stereocenters. The highest BCUT2D eigenvalue weighted by Crippen LogP contribution is 2.12. The Labute approximate surface area is 65.3 Å². The maximum absolute atomic E-state index is 3.90. The Morgan fingerprint density at radius 1 is 1.30 bits per heavy atom. The maximum Gasteiger partial charge on any atom is -0.0322 e. The monoisotopic (exact) mass is 139 g/mol. The van der Waals surface area contributed by atoms with E-state index in [1.165, 1.54) is 12.8 Å². The van der Waals surface area contributed by atoms with Crippen molar-refractivity contribution < 1.29 is 0 Å². The molecule has 0 saturated carbocycles. The first-order valence-corrected chi connectivity index (χ1v) is 4.29. The van der Waals surface area contributed by atoms with Gasteiger partial charge in [0.15, 0.2) is 0 Å². The highest BCUT2D eigenvalue weighted by Gasteiger charge is 1.98. The second-order valence-corrected chi connectivity index (χ2v) is 2.68. The summed E-state index contributed by atoms with van der Waals surface area (Å²) in [6.07, 6.45) is 9.22. The lowest BCUT2D eigenvalue weighted by Crippen LogP contribution is -1.93. The smallest absolute Gasteiger partial charge is 0.0322 e. The van der Waals surface area contributed by atoms with Crippen molar-refractivity contribution in [3.63, 3.8) is 0 Å². The van der Waals surface area contributed by atoms with Gasteiger partial charge in [0.05, 0.1) is 0 Å². The summed E-state index contributed by atoms with van der Waals surface area (Å²) in [5.74, 6) is 0.808. The fourth-order valence-electron chi connectivity index (χ4n) is 0.944. The van der Waals surface area contributed by atoms with Crippen LogP contribution in [-0.2, 0) is 0 Å². The molecule has 0 N–H and O–H groups in total. The van der Waals surface area contributed by atoms with Gasteiger partial charge in [0.2, 0.25) is 0 Å². The molecule has 0 fully saturated rings. The molecule has 0 saturated heterocycles. The van der Waals surface area contributed by atoms with Crippen LogP contribution in [-0.4, -0.2) is 0 Å². The number of rotatable bonds is 5. The van der Waals surface area contributed by atoms with Gasteiger partial charge >= 0.3 is 0 Å². The summed E-state index contributed by atoms with van der Waals surface area (Å²) in [6, 6.07) is 0. The molecule has 0 aliphatic rings. The normalized spacial score (nSPS) is 11.6. The minimum absolute atomic E-state index is 0.808. The van der Waals surface area contributed by atoms with E-state index in [1.54, 1.807) is 0 Å². The van der Waals surface area contributed by atoms with Crippen LogP contribution in [0.15, 0.2) is 12.2 Å². The van der Waals surface area contributed by atoms with Gasteiger partial charge in [0.25, 0.3) is 0 Å². The van der Waals surface area contributed by atoms with Crippen molar-refractivity contribution >= 4 is 0 Å². The van der Waals surface area contributed by atoms with Crippen LogP contribution >= 0.6 is 0 Å². The molecule has 0 aliphatic carbocycles. The Kier molecular flexibility index (Phi) is 6.68. The Balaban J connectivity index is 3.34. The molecule has 0 aromatic rings. The van der Waals surface area contributed by atoms with Gasteiger partial charge in [0, 0.05) is 0 Å². The van der Waals surface area contributed by atoms with E-state index in [1.807, 2.05) is 0 Å². The van der Waals surface area contributed by atoms with Crippen molar-refractivity contribution in [3.8, 4) is 0 Å². The van der Waals surface area contributed by atoms with Crippen LogP contribution in [0.1, 0.15) is 39.5 Å². The predicted octanol–water partition coefficient (Wildman–Crippen LogP) is 3.59. The minimum Gasteiger partial charge on any atom is -0.0888 e. The largest absolute Gasteiger partial charge is 0.0888 e. The van der Waals surface area contributed by atoms with Crippen molar-refractivity contribution in [3.05, 3.63) is 19.1 Å². The van der Waals surface area contributed by atoms with Gasteiger partial charge in [-0.3, -0.25) is 0 Å². The lowest BCUT2D eigenvalue weighted by atomic mass is 9.99. The summed E-state index contributed by atoms with van der Waals surface area (Å²) in [4.78, 5) is 0. The van der Waals surface area contributed by atoms with Gasteiger partial charge in [-0.25, -0.2) is 0 Å². The molecule has 0 spiro atoms. The van der Waals surface area contributed by atoms with Crippen LogP contribution in [0.5, 0.6) is 0 Å². The highest BCUT2D eigenvalue weighted by molar-refractivity contribution is 4.82. The van der Waals surface area contributed by atoms with E-state index in [4.69, 9.17) is 0 Å². The van der Waals surface area contributed by atoms with E-state index in [9.17, 15) is 0 Å². The van der Waals surface area contributed by atoms with Gasteiger partial charge in [-0.05, 0) is 18.8 Å². The summed E-state index contributed by atoms with van der Waals surface area (Å²) in [6.45, 7) is 8.30. The van der Waals surface area contributed by atoms with Gasteiger partial charge in [-0.15, -0.1) is 0 Å². The molecule has 0 heteroatoms. The van der Waals surface area contributed by atoms with Gasteiger partial charge in [-0.2, -0.15) is 0 Å². The molecule has 10 heavy (non-hydrogen) atoms. The molecule has 0 aliphatic heterocycles. The molecule has 0 aromatic carbocycles. The quantitative estimate of drug-likeness (QED) is 0.510. The minimum atomic E-state index is 0.808. The van der Waals surface area contributed by atoms with Crippen LogP contribution in [0.4, 0.5) is 0 Å². The van der Waals surface area contributed by atoms with E-state index >= 15 is 0 Å². The van der Waals surface area contributed by atoms with Crippen LogP contribution in [0.2, 0.25) is 0 Å². The highest BCUT2D eigenvalue weighted by atomic mass is 14.0.